The first-order valence-corrected chi connectivity index (χ1v) is 10.0. The number of H-pyrrole nitrogens is 1. The van der Waals surface area contributed by atoms with Gasteiger partial charge in [-0.2, -0.15) is 0 Å². The molecule has 1 aromatic heterocycles. The Kier molecular flexibility index (Phi) is 6.41. The molecule has 8 heteroatoms. The molecule has 0 saturated carbocycles. The first-order valence-electron chi connectivity index (χ1n) is 9.09. The highest BCUT2D eigenvalue weighted by molar-refractivity contribution is 8.03. The highest BCUT2D eigenvalue weighted by Gasteiger charge is 2.29. The third-order valence-corrected chi connectivity index (χ3v) is 5.79. The van der Waals surface area contributed by atoms with Gasteiger partial charge < -0.3 is 20.7 Å². The monoisotopic (exact) mass is 401 g/mol. The van der Waals surface area contributed by atoms with E-state index in [1.807, 2.05) is 35.7 Å². The number of rotatable bonds is 8. The molecule has 1 unspecified atom stereocenters. The SMILES string of the molecule is CC(=O)N[C@@H](CC1CC=CS1)C(=O)N[C@@H](Cc1c[nH]c2ccccc12)C(=O)O. The molecule has 2 aromatic rings. The van der Waals surface area contributed by atoms with Crippen LogP contribution in [-0.2, 0) is 20.8 Å². The Hall–Kier alpha value is -2.74. The van der Waals surface area contributed by atoms with Gasteiger partial charge in [0.25, 0.3) is 0 Å². The molecule has 1 aliphatic rings. The number of para-hydroxylation sites is 1. The Morgan fingerprint density at radius 3 is 2.71 bits per heavy atom. The molecular formula is C20H23N3O4S. The van der Waals surface area contributed by atoms with E-state index in [0.717, 1.165) is 22.9 Å². The third-order valence-electron chi connectivity index (χ3n) is 4.67. The van der Waals surface area contributed by atoms with Crippen LogP contribution in [0, 0.1) is 0 Å². The zero-order valence-corrected chi connectivity index (χ0v) is 16.3. The highest BCUT2D eigenvalue weighted by Crippen LogP contribution is 2.27. The number of aliphatic carboxylic acids is 1. The molecule has 2 heterocycles. The van der Waals surface area contributed by atoms with E-state index in [1.54, 1.807) is 18.0 Å². The lowest BCUT2D eigenvalue weighted by Gasteiger charge is -2.23. The molecule has 2 amide bonds. The molecular weight excluding hydrogens is 378 g/mol. The summed E-state index contributed by atoms with van der Waals surface area (Å²) in [6.45, 7) is 1.35. The van der Waals surface area contributed by atoms with Crippen LogP contribution in [0.15, 0.2) is 41.9 Å². The summed E-state index contributed by atoms with van der Waals surface area (Å²) in [5, 5.41) is 18.0. The molecule has 0 aliphatic carbocycles. The van der Waals surface area contributed by atoms with E-state index >= 15 is 0 Å². The van der Waals surface area contributed by atoms with Crippen molar-refractivity contribution in [1.29, 1.82) is 0 Å². The van der Waals surface area contributed by atoms with Gasteiger partial charge >= 0.3 is 5.97 Å². The molecule has 3 atom stereocenters. The molecule has 3 rings (SSSR count). The number of carbonyl (C=O) groups is 3. The molecule has 7 nitrogen and oxygen atoms in total. The number of carboxylic acids is 1. The molecule has 4 N–H and O–H groups in total. The number of carbonyl (C=O) groups excluding carboxylic acids is 2. The van der Waals surface area contributed by atoms with Crippen molar-refractivity contribution in [3.63, 3.8) is 0 Å². The first kappa shape index (κ1) is 20.0. The number of hydrogen-bond acceptors (Lipinski definition) is 4. The van der Waals surface area contributed by atoms with Crippen LogP contribution in [0.5, 0.6) is 0 Å². The van der Waals surface area contributed by atoms with Crippen LogP contribution in [0.4, 0.5) is 0 Å². The number of allylic oxidation sites excluding steroid dienone is 1. The van der Waals surface area contributed by atoms with E-state index in [2.05, 4.69) is 15.6 Å². The summed E-state index contributed by atoms with van der Waals surface area (Å²) < 4.78 is 0. The maximum absolute atomic E-state index is 12.7. The smallest absolute Gasteiger partial charge is 0.326 e. The Balaban J connectivity index is 1.71. The van der Waals surface area contributed by atoms with Crippen molar-refractivity contribution in [2.24, 2.45) is 0 Å². The van der Waals surface area contributed by atoms with Crippen molar-refractivity contribution in [1.82, 2.24) is 15.6 Å². The number of fused-ring (bicyclic) bond motifs is 1. The van der Waals surface area contributed by atoms with Gasteiger partial charge in [0, 0.05) is 35.7 Å². The summed E-state index contributed by atoms with van der Waals surface area (Å²) in [7, 11) is 0. The van der Waals surface area contributed by atoms with Crippen molar-refractivity contribution in [2.75, 3.05) is 0 Å². The van der Waals surface area contributed by atoms with E-state index in [1.165, 1.54) is 6.92 Å². The number of amides is 2. The van der Waals surface area contributed by atoms with Gasteiger partial charge in [0.1, 0.15) is 12.1 Å². The van der Waals surface area contributed by atoms with E-state index in [9.17, 15) is 19.5 Å². The van der Waals surface area contributed by atoms with Gasteiger partial charge in [-0.05, 0) is 29.9 Å². The summed E-state index contributed by atoms with van der Waals surface area (Å²) in [5.41, 5.74) is 1.73. The van der Waals surface area contributed by atoms with Crippen molar-refractivity contribution in [3.8, 4) is 0 Å². The molecule has 28 heavy (non-hydrogen) atoms. The topological polar surface area (TPSA) is 111 Å². The normalized spacial score (nSPS) is 18.0. The zero-order valence-electron chi connectivity index (χ0n) is 15.5. The van der Waals surface area contributed by atoms with Gasteiger partial charge in [0.15, 0.2) is 0 Å². The number of aromatic amines is 1. The Morgan fingerprint density at radius 1 is 1.25 bits per heavy atom. The molecule has 0 saturated heterocycles. The Bertz CT molecular complexity index is 900. The Morgan fingerprint density at radius 2 is 2.04 bits per heavy atom. The second kappa shape index (κ2) is 8.97. The van der Waals surface area contributed by atoms with Crippen LogP contribution in [0.25, 0.3) is 10.9 Å². The number of thioether (sulfide) groups is 1. The lowest BCUT2D eigenvalue weighted by molar-refractivity contribution is -0.142. The maximum Gasteiger partial charge on any atom is 0.326 e. The second-order valence-corrected chi connectivity index (χ2v) is 8.03. The summed E-state index contributed by atoms with van der Waals surface area (Å²) in [6, 6.07) is 5.75. The van der Waals surface area contributed by atoms with Gasteiger partial charge in [-0.15, -0.1) is 11.8 Å². The van der Waals surface area contributed by atoms with Crippen molar-refractivity contribution in [2.45, 2.75) is 43.5 Å². The molecule has 0 fully saturated rings. The molecule has 0 bridgehead atoms. The number of hydrogen-bond donors (Lipinski definition) is 4. The van der Waals surface area contributed by atoms with Crippen LogP contribution in [0.1, 0.15) is 25.3 Å². The third kappa shape index (κ3) is 4.95. The minimum absolute atomic E-state index is 0.150. The van der Waals surface area contributed by atoms with E-state index in [0.29, 0.717) is 6.42 Å². The summed E-state index contributed by atoms with van der Waals surface area (Å²) >= 11 is 1.61. The number of nitrogens with one attached hydrogen (secondary N) is 3. The largest absolute Gasteiger partial charge is 0.480 e. The lowest BCUT2D eigenvalue weighted by Crippen LogP contribution is -2.52. The quantitative estimate of drug-likeness (QED) is 0.542. The fourth-order valence-corrected chi connectivity index (χ4v) is 4.28. The second-order valence-electron chi connectivity index (χ2n) is 6.82. The predicted octanol–water partition coefficient (Wildman–Crippen LogP) is 2.19. The average molecular weight is 401 g/mol. The summed E-state index contributed by atoms with van der Waals surface area (Å²) in [5.74, 6) is -1.91. The number of benzene rings is 1. The van der Waals surface area contributed by atoms with Crippen LogP contribution in [0.3, 0.4) is 0 Å². The minimum atomic E-state index is -1.11. The maximum atomic E-state index is 12.7. The van der Waals surface area contributed by atoms with Crippen LogP contribution < -0.4 is 10.6 Å². The van der Waals surface area contributed by atoms with Crippen molar-refractivity contribution >= 4 is 40.4 Å². The number of carboxylic acid groups (broad SMARTS) is 1. The standard InChI is InChI=1S/C20H23N3O4S/c1-12(24)22-17(10-14-5-4-8-28-14)19(25)23-18(20(26)27)9-13-11-21-16-7-3-2-6-15(13)16/h2-4,6-8,11,14,17-18,21H,5,9-10H2,1H3,(H,22,24)(H,23,25)(H,26,27)/t14?,17-,18-/m0/s1. The molecule has 148 valence electrons. The fourth-order valence-electron chi connectivity index (χ4n) is 3.31. The van der Waals surface area contributed by atoms with Crippen molar-refractivity contribution < 1.29 is 19.5 Å². The molecule has 0 spiro atoms. The van der Waals surface area contributed by atoms with Gasteiger partial charge in [-0.1, -0.05) is 24.3 Å². The summed E-state index contributed by atoms with van der Waals surface area (Å²) in [6.07, 6.45) is 5.21. The van der Waals surface area contributed by atoms with Gasteiger partial charge in [0.05, 0.1) is 0 Å². The highest BCUT2D eigenvalue weighted by atomic mass is 32.2. The molecule has 1 aromatic carbocycles. The van der Waals surface area contributed by atoms with E-state index < -0.39 is 24.0 Å². The molecule has 0 radical (unpaired) electrons. The Labute approximate surface area is 167 Å². The van der Waals surface area contributed by atoms with Gasteiger partial charge in [0.2, 0.25) is 11.8 Å². The summed E-state index contributed by atoms with van der Waals surface area (Å²) in [4.78, 5) is 39.1. The van der Waals surface area contributed by atoms with Crippen LogP contribution in [0.2, 0.25) is 0 Å². The zero-order chi connectivity index (χ0) is 20.1. The van der Waals surface area contributed by atoms with Crippen LogP contribution in [-0.4, -0.2) is 45.2 Å². The number of aromatic nitrogens is 1. The van der Waals surface area contributed by atoms with Crippen LogP contribution >= 0.6 is 11.8 Å². The van der Waals surface area contributed by atoms with Crippen molar-refractivity contribution in [3.05, 3.63) is 47.5 Å². The first-order chi connectivity index (χ1) is 13.4. The van der Waals surface area contributed by atoms with Gasteiger partial charge in [-0.3, -0.25) is 9.59 Å². The molecule has 1 aliphatic heterocycles. The fraction of sp³-hybridized carbons (Fsp3) is 0.350. The minimum Gasteiger partial charge on any atom is -0.480 e. The van der Waals surface area contributed by atoms with E-state index in [4.69, 9.17) is 0 Å². The predicted molar refractivity (Wildman–Crippen MR) is 109 cm³/mol. The average Bonchev–Trinajstić information content (AvgIpc) is 3.30. The van der Waals surface area contributed by atoms with Gasteiger partial charge in [-0.25, -0.2) is 4.79 Å². The lowest BCUT2D eigenvalue weighted by atomic mass is 10.0. The van der Waals surface area contributed by atoms with E-state index in [-0.39, 0.29) is 17.6 Å².